The van der Waals surface area contributed by atoms with Gasteiger partial charge in [-0.25, -0.2) is 0 Å². The van der Waals surface area contributed by atoms with E-state index >= 15 is 0 Å². The van der Waals surface area contributed by atoms with E-state index in [0.717, 1.165) is 23.8 Å². The Morgan fingerprint density at radius 2 is 2.31 bits per heavy atom. The number of halogens is 3. The summed E-state index contributed by atoms with van der Waals surface area (Å²) in [6.07, 6.45) is 2.12. The SMILES string of the molecule is CCC1CCSC(=NCCSC(F)(F)F)N1. The molecule has 1 rings (SSSR count). The van der Waals surface area contributed by atoms with Gasteiger partial charge in [0.2, 0.25) is 0 Å². The van der Waals surface area contributed by atoms with Gasteiger partial charge in [0.25, 0.3) is 0 Å². The van der Waals surface area contributed by atoms with E-state index in [2.05, 4.69) is 17.2 Å². The number of thioether (sulfide) groups is 2. The maximum absolute atomic E-state index is 11.8. The second-order valence-electron chi connectivity index (χ2n) is 3.37. The molecule has 1 aliphatic rings. The van der Waals surface area contributed by atoms with Gasteiger partial charge in [-0.3, -0.25) is 4.99 Å². The summed E-state index contributed by atoms with van der Waals surface area (Å²) in [7, 11) is 0. The maximum atomic E-state index is 11.8. The van der Waals surface area contributed by atoms with E-state index in [9.17, 15) is 13.2 Å². The molecule has 0 spiro atoms. The van der Waals surface area contributed by atoms with E-state index in [4.69, 9.17) is 0 Å². The molecule has 1 unspecified atom stereocenters. The van der Waals surface area contributed by atoms with Crippen molar-refractivity contribution in [2.45, 2.75) is 31.3 Å². The highest BCUT2D eigenvalue weighted by molar-refractivity contribution is 8.13. The summed E-state index contributed by atoms with van der Waals surface area (Å²) in [4.78, 5) is 4.13. The Morgan fingerprint density at radius 3 is 2.94 bits per heavy atom. The molecule has 0 bridgehead atoms. The van der Waals surface area contributed by atoms with Crippen LogP contribution >= 0.6 is 23.5 Å². The first-order valence-corrected chi connectivity index (χ1v) is 7.13. The molecule has 0 aromatic heterocycles. The van der Waals surface area contributed by atoms with Crippen molar-refractivity contribution in [3.8, 4) is 0 Å². The fraction of sp³-hybridized carbons (Fsp3) is 0.889. The summed E-state index contributed by atoms with van der Waals surface area (Å²) in [6.45, 7) is 2.31. The van der Waals surface area contributed by atoms with Crippen LogP contribution in [0.5, 0.6) is 0 Å². The Hall–Kier alpha value is -0.0400. The highest BCUT2D eigenvalue weighted by atomic mass is 32.2. The molecule has 94 valence electrons. The van der Waals surface area contributed by atoms with E-state index in [1.165, 1.54) is 0 Å². The van der Waals surface area contributed by atoms with Gasteiger partial charge in [-0.05, 0) is 24.6 Å². The maximum Gasteiger partial charge on any atom is 0.441 e. The molecule has 0 saturated carbocycles. The van der Waals surface area contributed by atoms with Crippen LogP contribution in [0.3, 0.4) is 0 Å². The molecule has 1 heterocycles. The monoisotopic (exact) mass is 272 g/mol. The largest absolute Gasteiger partial charge is 0.441 e. The van der Waals surface area contributed by atoms with E-state index in [-0.39, 0.29) is 24.1 Å². The quantitative estimate of drug-likeness (QED) is 0.796. The zero-order chi connectivity index (χ0) is 12.0. The highest BCUT2D eigenvalue weighted by Crippen LogP contribution is 2.29. The standard InChI is InChI=1S/C9H15F3N2S2/c1-2-7-3-5-15-8(14-7)13-4-6-16-9(10,11)12/h7H,2-6H2,1H3,(H,13,14). The summed E-state index contributed by atoms with van der Waals surface area (Å²) < 4.78 is 35.5. The Balaban J connectivity index is 2.23. The van der Waals surface area contributed by atoms with E-state index in [1.54, 1.807) is 11.8 Å². The topological polar surface area (TPSA) is 24.4 Å². The lowest BCUT2D eigenvalue weighted by atomic mass is 10.2. The van der Waals surface area contributed by atoms with Gasteiger partial charge in [0.1, 0.15) is 0 Å². The van der Waals surface area contributed by atoms with Gasteiger partial charge < -0.3 is 5.32 Å². The molecular formula is C9H15F3N2S2. The third kappa shape index (κ3) is 5.89. The summed E-state index contributed by atoms with van der Waals surface area (Å²) in [6, 6.07) is 0.426. The van der Waals surface area contributed by atoms with Crippen LogP contribution in [0.25, 0.3) is 0 Å². The van der Waals surface area contributed by atoms with Gasteiger partial charge in [0.05, 0.1) is 6.54 Å². The number of nitrogens with zero attached hydrogens (tertiary/aromatic N) is 1. The molecule has 7 heteroatoms. The van der Waals surface area contributed by atoms with Gasteiger partial charge in [-0.2, -0.15) is 13.2 Å². The lowest BCUT2D eigenvalue weighted by Crippen LogP contribution is -2.37. The molecule has 0 amide bonds. The van der Waals surface area contributed by atoms with Gasteiger partial charge in [0.15, 0.2) is 5.17 Å². The minimum Gasteiger partial charge on any atom is -0.362 e. The first-order valence-electron chi connectivity index (χ1n) is 5.15. The van der Waals surface area contributed by atoms with Crippen LogP contribution in [-0.4, -0.2) is 34.8 Å². The van der Waals surface area contributed by atoms with Gasteiger partial charge in [-0.1, -0.05) is 18.7 Å². The molecule has 2 nitrogen and oxygen atoms in total. The molecule has 16 heavy (non-hydrogen) atoms. The van der Waals surface area contributed by atoms with Crippen LogP contribution in [0, 0.1) is 0 Å². The molecule has 1 atom stereocenters. The van der Waals surface area contributed by atoms with Crippen molar-refractivity contribution in [3.05, 3.63) is 0 Å². The third-order valence-electron chi connectivity index (χ3n) is 2.14. The predicted molar refractivity (Wildman–Crippen MR) is 65.1 cm³/mol. The van der Waals surface area contributed by atoms with Crippen molar-refractivity contribution in [2.24, 2.45) is 4.99 Å². The molecule has 0 aliphatic carbocycles. The first-order chi connectivity index (χ1) is 7.51. The second kappa shape index (κ2) is 6.64. The van der Waals surface area contributed by atoms with Crippen molar-refractivity contribution in [2.75, 3.05) is 18.1 Å². The van der Waals surface area contributed by atoms with Crippen molar-refractivity contribution < 1.29 is 13.2 Å². The average Bonchev–Trinajstić information content (AvgIpc) is 2.23. The zero-order valence-electron chi connectivity index (χ0n) is 9.01. The van der Waals surface area contributed by atoms with Gasteiger partial charge >= 0.3 is 5.51 Å². The third-order valence-corrected chi connectivity index (χ3v) is 3.81. The molecule has 1 N–H and O–H groups in total. The van der Waals surface area contributed by atoms with Crippen molar-refractivity contribution in [3.63, 3.8) is 0 Å². The molecule has 0 aromatic rings. The van der Waals surface area contributed by atoms with Crippen molar-refractivity contribution in [1.82, 2.24) is 5.32 Å². The zero-order valence-corrected chi connectivity index (χ0v) is 10.6. The van der Waals surface area contributed by atoms with E-state index in [1.807, 2.05) is 0 Å². The average molecular weight is 272 g/mol. The van der Waals surface area contributed by atoms with E-state index < -0.39 is 5.51 Å². The Morgan fingerprint density at radius 1 is 1.56 bits per heavy atom. The second-order valence-corrected chi connectivity index (χ2v) is 5.61. The Labute approximate surface area is 102 Å². The Kier molecular flexibility index (Phi) is 5.82. The van der Waals surface area contributed by atoms with Crippen molar-refractivity contribution in [1.29, 1.82) is 0 Å². The van der Waals surface area contributed by atoms with Crippen LogP contribution < -0.4 is 5.32 Å². The summed E-state index contributed by atoms with van der Waals surface area (Å²) in [5.41, 5.74) is -4.14. The normalized spacial score (nSPS) is 24.5. The Bertz CT molecular complexity index is 243. The van der Waals surface area contributed by atoms with Crippen LogP contribution in [0.2, 0.25) is 0 Å². The van der Waals surface area contributed by atoms with E-state index in [0.29, 0.717) is 6.04 Å². The minimum absolute atomic E-state index is 0.00791. The molecule has 1 fully saturated rings. The number of nitrogens with one attached hydrogen (secondary N) is 1. The predicted octanol–water partition coefficient (Wildman–Crippen LogP) is 3.10. The summed E-state index contributed by atoms with van der Waals surface area (Å²) >= 11 is 1.57. The molecule has 1 aliphatic heterocycles. The highest BCUT2D eigenvalue weighted by Gasteiger charge is 2.27. The number of hydrogen-bond donors (Lipinski definition) is 1. The summed E-state index contributed by atoms with van der Waals surface area (Å²) in [5, 5.41) is 4.02. The molecule has 0 radical (unpaired) electrons. The van der Waals surface area contributed by atoms with Gasteiger partial charge in [-0.15, -0.1) is 0 Å². The smallest absolute Gasteiger partial charge is 0.362 e. The minimum atomic E-state index is -4.14. The summed E-state index contributed by atoms with van der Waals surface area (Å²) in [5.74, 6) is 0.989. The number of rotatable bonds is 4. The fourth-order valence-corrected chi connectivity index (χ4v) is 2.73. The number of amidine groups is 1. The number of alkyl halides is 3. The van der Waals surface area contributed by atoms with Crippen LogP contribution in [0.1, 0.15) is 19.8 Å². The molecular weight excluding hydrogens is 257 g/mol. The van der Waals surface area contributed by atoms with Crippen LogP contribution in [0.15, 0.2) is 4.99 Å². The van der Waals surface area contributed by atoms with Gasteiger partial charge in [0, 0.05) is 17.5 Å². The number of hydrogen-bond acceptors (Lipinski definition) is 3. The van der Waals surface area contributed by atoms with Crippen LogP contribution in [-0.2, 0) is 0 Å². The molecule has 0 aromatic carbocycles. The molecule has 1 saturated heterocycles. The lowest BCUT2D eigenvalue weighted by Gasteiger charge is -2.24. The number of aliphatic imine (C=N–C) groups is 1. The lowest BCUT2D eigenvalue weighted by molar-refractivity contribution is -0.0327. The first kappa shape index (κ1) is 14.0. The van der Waals surface area contributed by atoms with Crippen molar-refractivity contribution >= 4 is 28.7 Å². The fourth-order valence-electron chi connectivity index (χ4n) is 1.29. The van der Waals surface area contributed by atoms with Crippen LogP contribution in [0.4, 0.5) is 13.2 Å².